The molecule has 0 spiro atoms. The van der Waals surface area contributed by atoms with Crippen molar-refractivity contribution in [2.45, 2.75) is 18.9 Å². The van der Waals surface area contributed by atoms with Gasteiger partial charge in [-0.15, -0.1) is 0 Å². The summed E-state index contributed by atoms with van der Waals surface area (Å²) >= 11 is 0. The molecular weight excluding hydrogens is 272 g/mol. The molecule has 21 heavy (non-hydrogen) atoms. The van der Waals surface area contributed by atoms with Gasteiger partial charge in [0.05, 0.1) is 5.69 Å². The van der Waals surface area contributed by atoms with Crippen LogP contribution in [0.3, 0.4) is 0 Å². The van der Waals surface area contributed by atoms with Crippen LogP contribution in [0.2, 0.25) is 0 Å². The van der Waals surface area contributed by atoms with Crippen LogP contribution in [0.4, 0.5) is 14.5 Å². The van der Waals surface area contributed by atoms with Crippen molar-refractivity contribution >= 4 is 11.8 Å². The van der Waals surface area contributed by atoms with Crippen molar-refractivity contribution in [1.82, 2.24) is 4.90 Å². The molecule has 0 aliphatic carbocycles. The smallest absolute Gasteiger partial charge is 0.135 e. The van der Waals surface area contributed by atoms with Crippen molar-refractivity contribution in [3.63, 3.8) is 0 Å². The number of rotatable bonds is 3. The van der Waals surface area contributed by atoms with Gasteiger partial charge >= 0.3 is 0 Å². The molecule has 0 saturated carbocycles. The maximum Gasteiger partial charge on any atom is 0.135 e. The molecule has 3 nitrogen and oxygen atoms in total. The van der Waals surface area contributed by atoms with Gasteiger partial charge in [-0.2, -0.15) is 0 Å². The number of fused-ring (bicyclic) bond motifs is 1. The van der Waals surface area contributed by atoms with Crippen LogP contribution in [0.15, 0.2) is 18.2 Å². The Labute approximate surface area is 124 Å². The predicted octanol–water partition coefficient (Wildman–Crippen LogP) is 2.22. The molecule has 1 aromatic carbocycles. The molecule has 1 saturated heterocycles. The molecule has 0 radical (unpaired) electrons. The van der Waals surface area contributed by atoms with Gasteiger partial charge in [-0.3, -0.25) is 0 Å². The zero-order valence-corrected chi connectivity index (χ0v) is 12.1. The van der Waals surface area contributed by atoms with Crippen molar-refractivity contribution < 1.29 is 8.78 Å². The Morgan fingerprint density at radius 3 is 2.67 bits per heavy atom. The first-order valence-electron chi connectivity index (χ1n) is 7.52. The molecule has 1 fully saturated rings. The first-order valence-corrected chi connectivity index (χ1v) is 7.52. The Balaban J connectivity index is 1.67. The molecule has 2 N–H and O–H groups in total. The molecule has 2 heterocycles. The lowest BCUT2D eigenvalue weighted by Crippen LogP contribution is -2.43. The molecule has 114 valence electrons. The van der Waals surface area contributed by atoms with E-state index in [1.54, 1.807) is 6.08 Å². The van der Waals surface area contributed by atoms with E-state index in [0.717, 1.165) is 45.1 Å². The molecule has 2 aliphatic heterocycles. The summed E-state index contributed by atoms with van der Waals surface area (Å²) in [6.07, 6.45) is 5.72. The number of hydrogen-bond acceptors (Lipinski definition) is 3. The molecule has 0 bridgehead atoms. The highest BCUT2D eigenvalue weighted by molar-refractivity contribution is 5.71. The van der Waals surface area contributed by atoms with Gasteiger partial charge in [-0.05, 0) is 32.0 Å². The van der Waals surface area contributed by atoms with Gasteiger partial charge in [0.15, 0.2) is 0 Å². The zero-order valence-electron chi connectivity index (χ0n) is 12.1. The largest absolute Gasteiger partial charge is 0.366 e. The molecule has 0 aromatic heterocycles. The lowest BCUT2D eigenvalue weighted by atomic mass is 10.1. The highest BCUT2D eigenvalue weighted by atomic mass is 19.1. The minimum absolute atomic E-state index is 0.322. The van der Waals surface area contributed by atoms with E-state index in [0.29, 0.717) is 23.8 Å². The lowest BCUT2D eigenvalue weighted by Gasteiger charge is -2.34. The van der Waals surface area contributed by atoms with Crippen molar-refractivity contribution in [2.24, 2.45) is 5.73 Å². The van der Waals surface area contributed by atoms with Gasteiger partial charge in [0.2, 0.25) is 0 Å². The molecule has 0 amide bonds. The van der Waals surface area contributed by atoms with Crippen LogP contribution in [0.5, 0.6) is 0 Å². The predicted molar refractivity (Wildman–Crippen MR) is 81.3 cm³/mol. The van der Waals surface area contributed by atoms with Crippen molar-refractivity contribution in [3.8, 4) is 0 Å². The monoisotopic (exact) mass is 293 g/mol. The topological polar surface area (TPSA) is 32.5 Å². The standard InChI is InChI=1S/C16H21F2N3/c17-12-10-15(18)14-2-1-5-21(16(14)11-12)9-8-20-6-3-13(19)4-7-20/h1-2,10-11,13H,3-9,19H2. The second kappa shape index (κ2) is 6.12. The van der Waals surface area contributed by atoms with Crippen LogP contribution in [0, 0.1) is 11.6 Å². The molecule has 3 rings (SSSR count). The third kappa shape index (κ3) is 3.24. The fraction of sp³-hybridized carbons (Fsp3) is 0.500. The fourth-order valence-corrected chi connectivity index (χ4v) is 3.04. The van der Waals surface area contributed by atoms with Gasteiger partial charge in [0, 0.05) is 37.3 Å². The van der Waals surface area contributed by atoms with Crippen LogP contribution >= 0.6 is 0 Å². The quantitative estimate of drug-likeness (QED) is 0.927. The van der Waals surface area contributed by atoms with E-state index in [2.05, 4.69) is 4.90 Å². The summed E-state index contributed by atoms with van der Waals surface area (Å²) in [5, 5.41) is 0. The maximum atomic E-state index is 13.8. The number of benzene rings is 1. The second-order valence-electron chi connectivity index (χ2n) is 5.85. The van der Waals surface area contributed by atoms with E-state index in [1.807, 2.05) is 11.0 Å². The molecular formula is C16H21F2N3. The Morgan fingerprint density at radius 1 is 1.14 bits per heavy atom. The van der Waals surface area contributed by atoms with Crippen LogP contribution in [0.25, 0.3) is 6.08 Å². The number of hydrogen-bond donors (Lipinski definition) is 1. The van der Waals surface area contributed by atoms with E-state index in [1.165, 1.54) is 6.07 Å². The first kappa shape index (κ1) is 14.5. The van der Waals surface area contributed by atoms with Crippen molar-refractivity contribution in [1.29, 1.82) is 0 Å². The van der Waals surface area contributed by atoms with Gasteiger partial charge in [0.1, 0.15) is 11.6 Å². The summed E-state index contributed by atoms with van der Waals surface area (Å²) in [5.74, 6) is -1.01. The first-order chi connectivity index (χ1) is 10.1. The Hall–Kier alpha value is -1.46. The van der Waals surface area contributed by atoms with E-state index in [-0.39, 0.29) is 0 Å². The SMILES string of the molecule is NC1CCN(CCN2CC=Cc3c(F)cc(F)cc32)CC1. The molecule has 2 aliphatic rings. The average Bonchev–Trinajstić information content (AvgIpc) is 2.47. The van der Waals surface area contributed by atoms with Crippen molar-refractivity contribution in [3.05, 3.63) is 35.4 Å². The number of nitrogens with zero attached hydrogens (tertiary/aromatic N) is 2. The summed E-state index contributed by atoms with van der Waals surface area (Å²) in [6.45, 7) is 4.39. The number of halogens is 2. The zero-order chi connectivity index (χ0) is 14.8. The Bertz CT molecular complexity index is 537. The van der Waals surface area contributed by atoms with Gasteiger partial charge in [0.25, 0.3) is 0 Å². The number of anilines is 1. The van der Waals surface area contributed by atoms with E-state index < -0.39 is 11.6 Å². The highest BCUT2D eigenvalue weighted by Crippen LogP contribution is 2.29. The second-order valence-corrected chi connectivity index (χ2v) is 5.85. The molecule has 0 atom stereocenters. The third-order valence-corrected chi connectivity index (χ3v) is 4.34. The maximum absolute atomic E-state index is 13.8. The van der Waals surface area contributed by atoms with Crippen LogP contribution in [-0.4, -0.2) is 43.7 Å². The van der Waals surface area contributed by atoms with Crippen molar-refractivity contribution in [2.75, 3.05) is 37.6 Å². The third-order valence-electron chi connectivity index (χ3n) is 4.34. The van der Waals surface area contributed by atoms with Crippen LogP contribution in [-0.2, 0) is 0 Å². The Kier molecular flexibility index (Phi) is 4.22. The minimum atomic E-state index is -0.518. The summed E-state index contributed by atoms with van der Waals surface area (Å²) in [7, 11) is 0. The number of nitrogens with two attached hydrogens (primary N) is 1. The molecule has 5 heteroatoms. The van der Waals surface area contributed by atoms with Gasteiger partial charge in [-0.25, -0.2) is 8.78 Å². The van der Waals surface area contributed by atoms with E-state index >= 15 is 0 Å². The van der Waals surface area contributed by atoms with Gasteiger partial charge < -0.3 is 15.5 Å². The Morgan fingerprint density at radius 2 is 1.90 bits per heavy atom. The summed E-state index contributed by atoms with van der Waals surface area (Å²) < 4.78 is 27.3. The summed E-state index contributed by atoms with van der Waals surface area (Å²) in [4.78, 5) is 4.41. The number of piperidine rings is 1. The number of likely N-dealkylation sites (tertiary alicyclic amines) is 1. The van der Waals surface area contributed by atoms with Crippen LogP contribution < -0.4 is 10.6 Å². The van der Waals surface area contributed by atoms with E-state index in [9.17, 15) is 8.78 Å². The van der Waals surface area contributed by atoms with E-state index in [4.69, 9.17) is 5.73 Å². The summed E-state index contributed by atoms with van der Waals surface area (Å²) in [6, 6.07) is 2.69. The summed E-state index contributed by atoms with van der Waals surface area (Å²) in [5.41, 5.74) is 7.05. The van der Waals surface area contributed by atoms with Gasteiger partial charge in [-0.1, -0.05) is 12.2 Å². The highest BCUT2D eigenvalue weighted by Gasteiger charge is 2.20. The minimum Gasteiger partial charge on any atom is -0.366 e. The average molecular weight is 293 g/mol. The molecule has 0 unspecified atom stereocenters. The molecule has 1 aromatic rings. The normalized spacial score (nSPS) is 19.9. The fourth-order valence-electron chi connectivity index (χ4n) is 3.04. The lowest BCUT2D eigenvalue weighted by molar-refractivity contribution is 0.217. The van der Waals surface area contributed by atoms with Crippen LogP contribution in [0.1, 0.15) is 18.4 Å².